The summed E-state index contributed by atoms with van der Waals surface area (Å²) in [5, 5.41) is 8.00. The molecule has 6 rings (SSSR count). The topological polar surface area (TPSA) is 73.5 Å². The van der Waals surface area contributed by atoms with Crippen LogP contribution in [-0.4, -0.2) is 39.5 Å². The van der Waals surface area contributed by atoms with Crippen LogP contribution in [0.3, 0.4) is 0 Å². The van der Waals surface area contributed by atoms with Gasteiger partial charge in [0.1, 0.15) is 17.3 Å². The SMILES string of the molecule is COc1cccc(C2c3cccn3-c3c(c(C)nn3-c3ccccc3)CN2C(=O)Nc2ccccc2OC)c1. The fourth-order valence-electron chi connectivity index (χ4n) is 5.25. The summed E-state index contributed by atoms with van der Waals surface area (Å²) < 4.78 is 15.2. The average molecular weight is 520 g/mol. The Morgan fingerprint density at radius 3 is 2.51 bits per heavy atom. The number of carbonyl (C=O) groups excluding carboxylic acids is 1. The maximum atomic E-state index is 14.1. The fraction of sp³-hybridized carbons (Fsp3) is 0.161. The Morgan fingerprint density at radius 2 is 1.72 bits per heavy atom. The molecular formula is C31H29N5O3. The Morgan fingerprint density at radius 1 is 0.923 bits per heavy atom. The van der Waals surface area contributed by atoms with Crippen molar-refractivity contribution in [2.45, 2.75) is 19.5 Å². The predicted molar refractivity (Wildman–Crippen MR) is 150 cm³/mol. The molecule has 196 valence electrons. The molecule has 1 N–H and O–H groups in total. The van der Waals surface area contributed by atoms with Gasteiger partial charge in [-0.25, -0.2) is 9.48 Å². The molecule has 1 unspecified atom stereocenters. The van der Waals surface area contributed by atoms with Gasteiger partial charge in [0.05, 0.1) is 49.6 Å². The largest absolute Gasteiger partial charge is 0.497 e. The number of ether oxygens (including phenoxy) is 2. The molecule has 0 radical (unpaired) electrons. The summed E-state index contributed by atoms with van der Waals surface area (Å²) in [4.78, 5) is 16.0. The summed E-state index contributed by atoms with van der Waals surface area (Å²) in [5.74, 6) is 2.24. The van der Waals surface area contributed by atoms with Crippen LogP contribution in [-0.2, 0) is 6.54 Å². The van der Waals surface area contributed by atoms with Crippen LogP contribution in [0, 0.1) is 6.92 Å². The number of urea groups is 1. The van der Waals surface area contributed by atoms with E-state index in [0.717, 1.165) is 39.8 Å². The molecule has 0 spiro atoms. The first kappa shape index (κ1) is 24.4. The highest BCUT2D eigenvalue weighted by atomic mass is 16.5. The van der Waals surface area contributed by atoms with Crippen molar-refractivity contribution in [1.82, 2.24) is 19.2 Å². The van der Waals surface area contributed by atoms with Crippen molar-refractivity contribution in [3.05, 3.63) is 120 Å². The summed E-state index contributed by atoms with van der Waals surface area (Å²) in [6.07, 6.45) is 2.03. The summed E-state index contributed by atoms with van der Waals surface area (Å²) >= 11 is 0. The number of nitrogens with zero attached hydrogens (tertiary/aromatic N) is 4. The third-order valence-corrected chi connectivity index (χ3v) is 7.11. The van der Waals surface area contributed by atoms with Gasteiger partial charge in [0.15, 0.2) is 0 Å². The van der Waals surface area contributed by atoms with Gasteiger partial charge in [-0.2, -0.15) is 5.10 Å². The Labute approximate surface area is 227 Å². The van der Waals surface area contributed by atoms with Crippen LogP contribution >= 0.6 is 0 Å². The molecule has 1 atom stereocenters. The summed E-state index contributed by atoms with van der Waals surface area (Å²) in [6, 6.07) is 28.7. The first-order valence-corrected chi connectivity index (χ1v) is 12.7. The van der Waals surface area contributed by atoms with Crippen molar-refractivity contribution in [1.29, 1.82) is 0 Å². The number of anilines is 1. The standard InChI is InChI=1S/C31H29N5O3/c1-21-25-20-35(31(37)32-26-15-7-8-17-28(26)39-3)29(22-11-9-14-24(19-22)38-2)27-16-10-18-34(27)30(25)36(33-21)23-12-5-4-6-13-23/h4-19,29H,20H2,1-3H3,(H,32,37). The first-order valence-electron chi connectivity index (χ1n) is 12.7. The summed E-state index contributed by atoms with van der Waals surface area (Å²) in [5.41, 5.74) is 5.25. The zero-order chi connectivity index (χ0) is 26.9. The monoisotopic (exact) mass is 519 g/mol. The normalized spacial score (nSPS) is 14.2. The van der Waals surface area contributed by atoms with Crippen molar-refractivity contribution in [3.8, 4) is 23.0 Å². The van der Waals surface area contributed by atoms with E-state index in [2.05, 4.69) is 16.0 Å². The van der Waals surface area contributed by atoms with Crippen LogP contribution in [0.1, 0.15) is 28.6 Å². The van der Waals surface area contributed by atoms with E-state index < -0.39 is 6.04 Å². The lowest BCUT2D eigenvalue weighted by Crippen LogP contribution is -2.38. The molecule has 0 bridgehead atoms. The van der Waals surface area contributed by atoms with Crippen LogP contribution in [0.4, 0.5) is 10.5 Å². The van der Waals surface area contributed by atoms with E-state index in [1.165, 1.54) is 0 Å². The van der Waals surface area contributed by atoms with Gasteiger partial charge in [-0.1, -0.05) is 42.5 Å². The Kier molecular flexibility index (Phi) is 6.28. The number of nitrogens with one attached hydrogen (secondary N) is 1. The molecule has 1 aliphatic heterocycles. The third-order valence-electron chi connectivity index (χ3n) is 7.11. The van der Waals surface area contributed by atoms with E-state index >= 15 is 0 Å². The van der Waals surface area contributed by atoms with E-state index in [1.54, 1.807) is 14.2 Å². The number of fused-ring (bicyclic) bond motifs is 3. The van der Waals surface area contributed by atoms with Gasteiger partial charge in [0.2, 0.25) is 0 Å². The zero-order valence-electron chi connectivity index (χ0n) is 22.0. The Balaban J connectivity index is 1.54. The Hall–Kier alpha value is -4.98. The lowest BCUT2D eigenvalue weighted by Gasteiger charge is -2.31. The van der Waals surface area contributed by atoms with Crippen LogP contribution < -0.4 is 14.8 Å². The molecule has 39 heavy (non-hydrogen) atoms. The number of benzene rings is 3. The average Bonchev–Trinajstić information content (AvgIpc) is 3.54. The molecule has 1 aliphatic rings. The third kappa shape index (κ3) is 4.29. The van der Waals surface area contributed by atoms with E-state index in [9.17, 15) is 4.79 Å². The number of rotatable bonds is 5. The smallest absolute Gasteiger partial charge is 0.323 e. The predicted octanol–water partition coefficient (Wildman–Crippen LogP) is 6.13. The van der Waals surface area contributed by atoms with E-state index in [4.69, 9.17) is 14.6 Å². The summed E-state index contributed by atoms with van der Waals surface area (Å²) in [7, 11) is 3.24. The van der Waals surface area contributed by atoms with Gasteiger partial charge in [-0.05, 0) is 61.0 Å². The van der Waals surface area contributed by atoms with Gasteiger partial charge in [-0.3, -0.25) is 0 Å². The van der Waals surface area contributed by atoms with E-state index in [1.807, 2.05) is 108 Å². The second-order valence-electron chi connectivity index (χ2n) is 9.38. The van der Waals surface area contributed by atoms with Crippen molar-refractivity contribution < 1.29 is 14.3 Å². The number of aryl methyl sites for hydroxylation is 1. The molecule has 0 saturated heterocycles. The molecule has 2 aromatic heterocycles. The Bertz CT molecular complexity index is 1640. The maximum absolute atomic E-state index is 14.1. The molecule has 2 amide bonds. The quantitative estimate of drug-likeness (QED) is 0.303. The van der Waals surface area contributed by atoms with Crippen molar-refractivity contribution >= 4 is 11.7 Å². The molecule has 8 nitrogen and oxygen atoms in total. The number of aromatic nitrogens is 3. The number of hydrogen-bond donors (Lipinski definition) is 1. The first-order chi connectivity index (χ1) is 19.1. The number of methoxy groups -OCH3 is 2. The molecule has 8 heteroatoms. The highest BCUT2D eigenvalue weighted by Crippen LogP contribution is 2.39. The molecule has 3 heterocycles. The lowest BCUT2D eigenvalue weighted by atomic mass is 10.0. The molecule has 0 fully saturated rings. The van der Waals surface area contributed by atoms with Crippen LogP contribution in [0.5, 0.6) is 11.5 Å². The molecule has 3 aromatic carbocycles. The summed E-state index contributed by atoms with van der Waals surface area (Å²) in [6.45, 7) is 2.34. The number of para-hydroxylation sites is 3. The maximum Gasteiger partial charge on any atom is 0.323 e. The van der Waals surface area contributed by atoms with E-state index in [-0.39, 0.29) is 6.03 Å². The second kappa shape index (κ2) is 10.1. The van der Waals surface area contributed by atoms with Crippen LogP contribution in [0.15, 0.2) is 97.2 Å². The van der Waals surface area contributed by atoms with Crippen molar-refractivity contribution in [2.75, 3.05) is 19.5 Å². The molecule has 5 aromatic rings. The van der Waals surface area contributed by atoms with Gasteiger partial charge < -0.3 is 24.3 Å². The highest BCUT2D eigenvalue weighted by Gasteiger charge is 2.36. The fourth-order valence-corrected chi connectivity index (χ4v) is 5.25. The lowest BCUT2D eigenvalue weighted by molar-refractivity contribution is 0.194. The van der Waals surface area contributed by atoms with Gasteiger partial charge >= 0.3 is 6.03 Å². The van der Waals surface area contributed by atoms with Gasteiger partial charge in [0.25, 0.3) is 0 Å². The minimum Gasteiger partial charge on any atom is -0.497 e. The number of amides is 2. The van der Waals surface area contributed by atoms with Crippen molar-refractivity contribution in [2.24, 2.45) is 0 Å². The number of hydrogen-bond acceptors (Lipinski definition) is 4. The molecule has 0 saturated carbocycles. The minimum atomic E-state index is -0.402. The van der Waals surface area contributed by atoms with E-state index in [0.29, 0.717) is 18.0 Å². The van der Waals surface area contributed by atoms with Gasteiger partial charge in [-0.15, -0.1) is 0 Å². The molecular weight excluding hydrogens is 490 g/mol. The van der Waals surface area contributed by atoms with Crippen LogP contribution in [0.25, 0.3) is 11.5 Å². The van der Waals surface area contributed by atoms with Gasteiger partial charge in [0, 0.05) is 11.8 Å². The second-order valence-corrected chi connectivity index (χ2v) is 9.38. The zero-order valence-corrected chi connectivity index (χ0v) is 22.0. The molecule has 0 aliphatic carbocycles. The van der Waals surface area contributed by atoms with Crippen LogP contribution in [0.2, 0.25) is 0 Å². The van der Waals surface area contributed by atoms with Crippen molar-refractivity contribution in [3.63, 3.8) is 0 Å². The number of carbonyl (C=O) groups is 1. The highest BCUT2D eigenvalue weighted by molar-refractivity contribution is 5.91. The minimum absolute atomic E-state index is 0.250.